The molecule has 0 aliphatic carbocycles. The van der Waals surface area contributed by atoms with Gasteiger partial charge in [0.2, 0.25) is 0 Å². The van der Waals surface area contributed by atoms with Crippen molar-refractivity contribution in [1.29, 1.82) is 0 Å². The van der Waals surface area contributed by atoms with Crippen molar-refractivity contribution in [2.45, 2.75) is 24.3 Å². The van der Waals surface area contributed by atoms with Crippen LogP contribution in [0.3, 0.4) is 0 Å². The Morgan fingerprint density at radius 3 is 1.89 bits per heavy atom. The molecule has 0 radical (unpaired) electrons. The van der Waals surface area contributed by atoms with E-state index in [1.54, 1.807) is 0 Å². The maximum atomic E-state index is 10.9. The van der Waals surface area contributed by atoms with Crippen molar-refractivity contribution in [1.82, 2.24) is 0 Å². The van der Waals surface area contributed by atoms with Crippen LogP contribution in [0, 0.1) is 10.1 Å². The van der Waals surface area contributed by atoms with Gasteiger partial charge in [-0.1, -0.05) is 0 Å². The predicted molar refractivity (Wildman–Crippen MR) is 55.8 cm³/mol. The summed E-state index contributed by atoms with van der Waals surface area (Å²) in [5, 5.41) is 14.6. The number of hydrogen-bond donors (Lipinski definition) is 5. The summed E-state index contributed by atoms with van der Waals surface area (Å²) in [4.78, 5) is 48.6. The standard InChI is InChI=1S/C5H13NO10P2/c7-5(17(10,11)12,18(13,14)15)3-1-2-4-16-6(8)9/h7H,1-4H2,(H2,10,11,12)(H2,13,14,15). The molecule has 0 aromatic rings. The number of unbranched alkanes of at least 4 members (excludes halogenated alkanes) is 1. The fourth-order valence-corrected chi connectivity index (χ4v) is 3.32. The Hall–Kier alpha value is -0.540. The van der Waals surface area contributed by atoms with Crippen LogP contribution in [0.1, 0.15) is 19.3 Å². The van der Waals surface area contributed by atoms with Gasteiger partial charge >= 0.3 is 15.2 Å². The van der Waals surface area contributed by atoms with Crippen LogP contribution in [0.4, 0.5) is 0 Å². The van der Waals surface area contributed by atoms with E-state index in [9.17, 15) is 24.4 Å². The molecule has 0 unspecified atom stereocenters. The van der Waals surface area contributed by atoms with Crippen LogP contribution in [0.5, 0.6) is 0 Å². The zero-order chi connectivity index (χ0) is 14.6. The third-order valence-corrected chi connectivity index (χ3v) is 5.91. The first kappa shape index (κ1) is 17.5. The summed E-state index contributed by atoms with van der Waals surface area (Å²) in [6.07, 6.45) is -1.30. The van der Waals surface area contributed by atoms with Crippen LogP contribution in [0.2, 0.25) is 0 Å². The molecule has 0 saturated heterocycles. The van der Waals surface area contributed by atoms with E-state index >= 15 is 0 Å². The predicted octanol–water partition coefficient (Wildman–Crippen LogP) is -0.634. The zero-order valence-corrected chi connectivity index (χ0v) is 10.7. The van der Waals surface area contributed by atoms with Gasteiger partial charge in [0.15, 0.2) is 0 Å². The molecule has 0 heterocycles. The van der Waals surface area contributed by atoms with Gasteiger partial charge in [0.05, 0.1) is 6.61 Å². The van der Waals surface area contributed by atoms with E-state index in [2.05, 4.69) is 4.84 Å². The summed E-state index contributed by atoms with van der Waals surface area (Å²) in [5.74, 6) is 0. The first-order valence-electron chi connectivity index (χ1n) is 4.53. The van der Waals surface area contributed by atoms with E-state index in [1.807, 2.05) is 0 Å². The van der Waals surface area contributed by atoms with Gasteiger partial charge in [0.1, 0.15) is 0 Å². The summed E-state index contributed by atoms with van der Waals surface area (Å²) in [6.45, 7) is -0.411. The molecule has 0 aromatic carbocycles. The molecular weight excluding hydrogens is 296 g/mol. The van der Waals surface area contributed by atoms with Crippen LogP contribution in [0.25, 0.3) is 0 Å². The monoisotopic (exact) mass is 309 g/mol. The Balaban J connectivity index is 4.53. The Labute approximate surface area is 101 Å². The Kier molecular flexibility index (Phi) is 5.89. The minimum absolute atomic E-state index is 0.108. The van der Waals surface area contributed by atoms with Crippen LogP contribution in [-0.2, 0) is 14.0 Å². The fourth-order valence-electron chi connectivity index (χ4n) is 1.06. The zero-order valence-electron chi connectivity index (χ0n) is 8.95. The summed E-state index contributed by atoms with van der Waals surface area (Å²) in [7, 11) is -10.9. The molecule has 11 nitrogen and oxygen atoms in total. The SMILES string of the molecule is O=[N+]([O-])OCCCCC(O)(P(=O)(O)O)P(=O)(O)O. The molecule has 0 fully saturated rings. The second-order valence-electron chi connectivity index (χ2n) is 3.38. The van der Waals surface area contributed by atoms with Crippen molar-refractivity contribution in [2.24, 2.45) is 0 Å². The molecule has 18 heavy (non-hydrogen) atoms. The summed E-state index contributed by atoms with van der Waals surface area (Å²) in [6, 6.07) is 0. The van der Waals surface area contributed by atoms with Gasteiger partial charge in [-0.3, -0.25) is 9.13 Å². The molecule has 0 saturated carbocycles. The van der Waals surface area contributed by atoms with E-state index in [1.165, 1.54) is 0 Å². The van der Waals surface area contributed by atoms with E-state index < -0.39 is 38.4 Å². The quantitative estimate of drug-likeness (QED) is 0.167. The maximum absolute atomic E-state index is 10.9. The lowest BCUT2D eigenvalue weighted by molar-refractivity contribution is -0.757. The molecule has 0 aliphatic heterocycles. The number of nitrogens with zero attached hydrogens (tertiary/aromatic N) is 1. The Morgan fingerprint density at radius 2 is 1.56 bits per heavy atom. The third kappa shape index (κ3) is 4.62. The molecule has 13 heteroatoms. The first-order chi connectivity index (χ1) is 7.92. The van der Waals surface area contributed by atoms with E-state index in [0.717, 1.165) is 0 Å². The number of aliphatic hydroxyl groups is 1. The molecule has 0 atom stereocenters. The topological polar surface area (TPSA) is 188 Å². The van der Waals surface area contributed by atoms with Crippen molar-refractivity contribution in [3.63, 3.8) is 0 Å². The smallest absolute Gasteiger partial charge is 0.368 e. The molecular formula is C5H13NO10P2. The molecule has 0 spiro atoms. The van der Waals surface area contributed by atoms with E-state index in [0.29, 0.717) is 0 Å². The second-order valence-corrected chi connectivity index (χ2v) is 7.38. The van der Waals surface area contributed by atoms with Gasteiger partial charge in [-0.2, -0.15) is 0 Å². The highest BCUT2D eigenvalue weighted by molar-refractivity contribution is 7.72. The van der Waals surface area contributed by atoms with Gasteiger partial charge < -0.3 is 29.5 Å². The van der Waals surface area contributed by atoms with Crippen molar-refractivity contribution < 1.29 is 43.7 Å². The van der Waals surface area contributed by atoms with Gasteiger partial charge in [0, 0.05) is 0 Å². The van der Waals surface area contributed by atoms with Crippen molar-refractivity contribution in [3.8, 4) is 0 Å². The highest BCUT2D eigenvalue weighted by Gasteiger charge is 2.58. The molecule has 0 aromatic heterocycles. The van der Waals surface area contributed by atoms with Crippen molar-refractivity contribution in [3.05, 3.63) is 10.1 Å². The largest absolute Gasteiger partial charge is 0.369 e. The molecule has 0 bridgehead atoms. The Morgan fingerprint density at radius 1 is 1.11 bits per heavy atom. The minimum atomic E-state index is -5.46. The van der Waals surface area contributed by atoms with Crippen LogP contribution in [0.15, 0.2) is 0 Å². The lowest BCUT2D eigenvalue weighted by Gasteiger charge is -2.29. The summed E-state index contributed by atoms with van der Waals surface area (Å²) >= 11 is 0. The number of hydrogen-bond acceptors (Lipinski definition) is 6. The van der Waals surface area contributed by atoms with Gasteiger partial charge in [-0.05, 0) is 19.3 Å². The average Bonchev–Trinajstić information content (AvgIpc) is 2.12. The van der Waals surface area contributed by atoms with Gasteiger partial charge in [-0.15, -0.1) is 10.1 Å². The summed E-state index contributed by atoms with van der Waals surface area (Å²) in [5.41, 5.74) is 0. The minimum Gasteiger partial charge on any atom is -0.368 e. The highest BCUT2D eigenvalue weighted by Crippen LogP contribution is 2.69. The lowest BCUT2D eigenvalue weighted by Crippen LogP contribution is -2.28. The molecule has 108 valence electrons. The van der Waals surface area contributed by atoms with Crippen molar-refractivity contribution in [2.75, 3.05) is 6.61 Å². The first-order valence-corrected chi connectivity index (χ1v) is 7.75. The van der Waals surface area contributed by atoms with Crippen LogP contribution >= 0.6 is 15.2 Å². The fraction of sp³-hybridized carbons (Fsp3) is 1.00. The average molecular weight is 309 g/mol. The van der Waals surface area contributed by atoms with Gasteiger partial charge in [0.25, 0.3) is 10.2 Å². The lowest BCUT2D eigenvalue weighted by atomic mass is 10.2. The Bertz CT molecular complexity index is 362. The molecule has 0 aliphatic rings. The van der Waals surface area contributed by atoms with Crippen molar-refractivity contribution >= 4 is 15.2 Å². The normalized spacial score (nSPS) is 13.4. The van der Waals surface area contributed by atoms with E-state index in [-0.39, 0.29) is 12.8 Å². The van der Waals surface area contributed by atoms with Crippen LogP contribution < -0.4 is 0 Å². The molecule has 0 rings (SSSR count). The molecule has 0 amide bonds. The highest BCUT2D eigenvalue weighted by atomic mass is 31.2. The number of rotatable bonds is 8. The molecule has 5 N–H and O–H groups in total. The second kappa shape index (κ2) is 6.07. The maximum Gasteiger partial charge on any atom is 0.369 e. The van der Waals surface area contributed by atoms with Gasteiger partial charge in [-0.25, -0.2) is 0 Å². The third-order valence-electron chi connectivity index (χ3n) is 2.04. The van der Waals surface area contributed by atoms with Crippen LogP contribution in [-0.4, -0.2) is 41.5 Å². The van der Waals surface area contributed by atoms with E-state index in [4.69, 9.17) is 19.6 Å². The summed E-state index contributed by atoms with van der Waals surface area (Å²) < 4.78 is 21.8.